The lowest BCUT2D eigenvalue weighted by Crippen LogP contribution is -2.06. The van der Waals surface area contributed by atoms with Crippen LogP contribution in [-0.4, -0.2) is 30.3 Å². The molecule has 3 rings (SSSR count). The van der Waals surface area contributed by atoms with Gasteiger partial charge in [0.25, 0.3) is 14.2 Å². The summed E-state index contributed by atoms with van der Waals surface area (Å²) in [7, 11) is 3.08. The van der Waals surface area contributed by atoms with E-state index in [-0.39, 0.29) is 11.2 Å². The number of methoxy groups -OCH3 is 1. The average Bonchev–Trinajstić information content (AvgIpc) is 3.15. The molecule has 2 aromatic rings. The van der Waals surface area contributed by atoms with Crippen LogP contribution in [-0.2, 0) is 9.05 Å². The summed E-state index contributed by atoms with van der Waals surface area (Å²) >= 11 is 0. The highest BCUT2D eigenvalue weighted by Gasteiger charge is 2.34. The van der Waals surface area contributed by atoms with Gasteiger partial charge in [-0.1, -0.05) is 12.1 Å². The van der Waals surface area contributed by atoms with Crippen LogP contribution in [0.25, 0.3) is 11.4 Å². The van der Waals surface area contributed by atoms with E-state index >= 15 is 0 Å². The second kappa shape index (κ2) is 4.75. The number of nitrogens with zero attached hydrogens (tertiary/aromatic N) is 3. The Bertz CT molecular complexity index is 753. The number of benzene rings is 1. The van der Waals surface area contributed by atoms with E-state index in [9.17, 15) is 8.42 Å². The van der Waals surface area contributed by atoms with Crippen molar-refractivity contribution in [1.29, 1.82) is 0 Å². The van der Waals surface area contributed by atoms with Gasteiger partial charge in [0, 0.05) is 22.3 Å². The Morgan fingerprint density at radius 2 is 2.10 bits per heavy atom. The van der Waals surface area contributed by atoms with Gasteiger partial charge >= 0.3 is 0 Å². The van der Waals surface area contributed by atoms with Crippen LogP contribution < -0.4 is 4.74 Å². The average molecular weight is 314 g/mol. The van der Waals surface area contributed by atoms with Gasteiger partial charge < -0.3 is 4.74 Å². The molecule has 1 aliphatic rings. The molecule has 20 heavy (non-hydrogen) atoms. The molecule has 0 amide bonds. The Kier molecular flexibility index (Phi) is 3.18. The summed E-state index contributed by atoms with van der Waals surface area (Å²) in [5.74, 6) is 1.16. The van der Waals surface area contributed by atoms with Crippen molar-refractivity contribution in [2.75, 3.05) is 7.11 Å². The molecule has 0 radical (unpaired) electrons. The van der Waals surface area contributed by atoms with Gasteiger partial charge in [-0.15, -0.1) is 10.2 Å². The van der Waals surface area contributed by atoms with Gasteiger partial charge in [0.2, 0.25) is 0 Å². The minimum absolute atomic E-state index is 0.0923. The van der Waals surface area contributed by atoms with Crippen LogP contribution in [0.3, 0.4) is 0 Å². The number of hydrogen-bond donors (Lipinski definition) is 0. The Morgan fingerprint density at radius 1 is 1.35 bits per heavy atom. The molecule has 0 bridgehead atoms. The summed E-state index contributed by atoms with van der Waals surface area (Å²) in [5.41, 5.74) is 0.746. The molecule has 106 valence electrons. The second-order valence-corrected chi connectivity index (χ2v) is 7.04. The summed E-state index contributed by atoms with van der Waals surface area (Å²) in [5, 5.41) is 7.52. The third kappa shape index (κ3) is 2.38. The first-order chi connectivity index (χ1) is 9.50. The summed E-state index contributed by atoms with van der Waals surface area (Å²) in [6.07, 6.45) is 1.79. The van der Waals surface area contributed by atoms with Crippen molar-refractivity contribution >= 4 is 19.7 Å². The van der Waals surface area contributed by atoms with Gasteiger partial charge in [-0.25, -0.2) is 8.42 Å². The number of rotatable bonds is 4. The molecule has 0 saturated heterocycles. The van der Waals surface area contributed by atoms with E-state index in [4.69, 9.17) is 15.4 Å². The molecule has 1 heterocycles. The monoisotopic (exact) mass is 313 g/mol. The molecule has 1 aliphatic carbocycles. The lowest BCUT2D eigenvalue weighted by atomic mass is 10.2. The number of halogens is 1. The van der Waals surface area contributed by atoms with Gasteiger partial charge in [-0.3, -0.25) is 4.57 Å². The van der Waals surface area contributed by atoms with Gasteiger partial charge in [0.15, 0.2) is 5.82 Å². The molecule has 8 heteroatoms. The van der Waals surface area contributed by atoms with Crippen LogP contribution in [0, 0.1) is 0 Å². The standard InChI is InChI=1S/C12H12ClN3O3S/c1-19-10-4-2-3-8(7-10)11-14-15-12(20(13,17)18)16(11)9-5-6-9/h2-4,7,9H,5-6H2,1H3. The molecule has 0 atom stereocenters. The van der Waals surface area contributed by atoms with Crippen molar-refractivity contribution in [1.82, 2.24) is 14.8 Å². The molecular weight excluding hydrogens is 302 g/mol. The second-order valence-electron chi connectivity index (χ2n) is 4.58. The highest BCUT2D eigenvalue weighted by molar-refractivity contribution is 8.13. The van der Waals surface area contributed by atoms with E-state index in [0.717, 1.165) is 18.4 Å². The van der Waals surface area contributed by atoms with E-state index in [0.29, 0.717) is 11.6 Å². The first-order valence-electron chi connectivity index (χ1n) is 6.04. The Balaban J connectivity index is 2.16. The zero-order valence-electron chi connectivity index (χ0n) is 10.7. The van der Waals surface area contributed by atoms with E-state index in [1.54, 1.807) is 23.8 Å². The first kappa shape index (κ1) is 13.4. The maximum absolute atomic E-state index is 11.6. The summed E-state index contributed by atoms with van der Waals surface area (Å²) in [4.78, 5) is 0. The summed E-state index contributed by atoms with van der Waals surface area (Å²) in [6.45, 7) is 0. The van der Waals surface area contributed by atoms with Crippen molar-refractivity contribution < 1.29 is 13.2 Å². The van der Waals surface area contributed by atoms with Crippen LogP contribution in [0.5, 0.6) is 5.75 Å². The molecular formula is C12H12ClN3O3S. The number of aromatic nitrogens is 3. The van der Waals surface area contributed by atoms with Crippen molar-refractivity contribution in [2.45, 2.75) is 24.0 Å². The van der Waals surface area contributed by atoms with Gasteiger partial charge in [0.1, 0.15) is 5.75 Å². The zero-order valence-corrected chi connectivity index (χ0v) is 12.2. The normalized spacial score (nSPS) is 15.3. The molecule has 1 aromatic carbocycles. The number of ether oxygens (including phenoxy) is 1. The maximum Gasteiger partial charge on any atom is 0.296 e. The van der Waals surface area contributed by atoms with Gasteiger partial charge in [0.05, 0.1) is 7.11 Å². The summed E-state index contributed by atoms with van der Waals surface area (Å²) < 4.78 is 29.9. The van der Waals surface area contributed by atoms with Crippen molar-refractivity contribution in [3.63, 3.8) is 0 Å². The third-order valence-electron chi connectivity index (χ3n) is 3.12. The van der Waals surface area contributed by atoms with E-state index in [2.05, 4.69) is 10.2 Å². The Morgan fingerprint density at radius 3 is 2.70 bits per heavy atom. The molecule has 6 nitrogen and oxygen atoms in total. The Hall–Kier alpha value is -1.60. The summed E-state index contributed by atoms with van der Waals surface area (Å²) in [6, 6.07) is 7.33. The van der Waals surface area contributed by atoms with Crippen LogP contribution in [0.15, 0.2) is 29.4 Å². The van der Waals surface area contributed by atoms with Gasteiger partial charge in [-0.05, 0) is 25.0 Å². The van der Waals surface area contributed by atoms with Crippen molar-refractivity contribution in [3.8, 4) is 17.1 Å². The van der Waals surface area contributed by atoms with Crippen LogP contribution in [0.1, 0.15) is 18.9 Å². The van der Waals surface area contributed by atoms with Crippen molar-refractivity contribution in [3.05, 3.63) is 24.3 Å². The fourth-order valence-corrected chi connectivity index (χ4v) is 2.99. The predicted octanol–water partition coefficient (Wildman–Crippen LogP) is 2.22. The van der Waals surface area contributed by atoms with Crippen LogP contribution in [0.4, 0.5) is 0 Å². The largest absolute Gasteiger partial charge is 0.497 e. The third-order valence-corrected chi connectivity index (χ3v) is 4.25. The quantitative estimate of drug-likeness (QED) is 0.809. The van der Waals surface area contributed by atoms with Crippen LogP contribution in [0.2, 0.25) is 0 Å². The molecule has 0 unspecified atom stereocenters. The number of hydrogen-bond acceptors (Lipinski definition) is 5. The molecule has 1 aromatic heterocycles. The molecule has 1 saturated carbocycles. The SMILES string of the molecule is COc1cccc(-c2nnc(S(=O)(=O)Cl)n2C2CC2)c1. The van der Waals surface area contributed by atoms with E-state index in [1.165, 1.54) is 0 Å². The fraction of sp³-hybridized carbons (Fsp3) is 0.333. The minimum atomic E-state index is -3.91. The highest BCUT2D eigenvalue weighted by Crippen LogP contribution is 2.40. The molecule has 0 N–H and O–H groups in total. The lowest BCUT2D eigenvalue weighted by molar-refractivity contribution is 0.415. The predicted molar refractivity (Wildman–Crippen MR) is 73.3 cm³/mol. The van der Waals surface area contributed by atoms with Gasteiger partial charge in [-0.2, -0.15) is 0 Å². The van der Waals surface area contributed by atoms with Crippen LogP contribution >= 0.6 is 10.7 Å². The molecule has 0 aliphatic heterocycles. The van der Waals surface area contributed by atoms with E-state index < -0.39 is 9.05 Å². The zero-order chi connectivity index (χ0) is 14.3. The maximum atomic E-state index is 11.6. The lowest BCUT2D eigenvalue weighted by Gasteiger charge is -2.08. The van der Waals surface area contributed by atoms with Crippen molar-refractivity contribution in [2.24, 2.45) is 0 Å². The van der Waals surface area contributed by atoms with E-state index in [1.807, 2.05) is 12.1 Å². The highest BCUT2D eigenvalue weighted by atomic mass is 35.7. The first-order valence-corrected chi connectivity index (χ1v) is 8.35. The minimum Gasteiger partial charge on any atom is -0.497 e. The molecule has 0 spiro atoms. The molecule has 1 fully saturated rings. The smallest absolute Gasteiger partial charge is 0.296 e. The fourth-order valence-electron chi connectivity index (χ4n) is 2.06. The Labute approximate surface area is 120 Å². The topological polar surface area (TPSA) is 74.1 Å².